The van der Waals surface area contributed by atoms with Gasteiger partial charge in [-0.15, -0.1) is 0 Å². The van der Waals surface area contributed by atoms with Crippen LogP contribution in [0.3, 0.4) is 0 Å². The average molecular weight is 413 g/mol. The van der Waals surface area contributed by atoms with Crippen LogP contribution in [-0.4, -0.2) is 19.5 Å². The van der Waals surface area contributed by atoms with Gasteiger partial charge in [-0.2, -0.15) is 4.98 Å². The third kappa shape index (κ3) is 3.34. The van der Waals surface area contributed by atoms with Crippen LogP contribution < -0.4 is 5.32 Å². The molecule has 0 aliphatic rings. The van der Waals surface area contributed by atoms with Crippen LogP contribution in [0.4, 0.5) is 15.9 Å². The lowest BCUT2D eigenvalue weighted by Crippen LogP contribution is -2.01. The molecule has 5 aromatic rings. The van der Waals surface area contributed by atoms with Gasteiger partial charge in [-0.3, -0.25) is 4.40 Å². The lowest BCUT2D eigenvalue weighted by molar-refractivity contribution is 0.394. The molecule has 3 aromatic heterocycles. The second-order valence-corrected chi connectivity index (χ2v) is 7.46. The third-order valence-corrected chi connectivity index (χ3v) is 5.26. The highest BCUT2D eigenvalue weighted by atomic mass is 19.1. The lowest BCUT2D eigenvalue weighted by atomic mass is 10.0. The van der Waals surface area contributed by atoms with Gasteiger partial charge in [0.15, 0.2) is 0 Å². The van der Waals surface area contributed by atoms with Gasteiger partial charge in [-0.25, -0.2) is 9.37 Å². The molecule has 0 aliphatic heterocycles. The zero-order valence-electron chi connectivity index (χ0n) is 17.3. The number of hydrogen-bond acceptors (Lipinski definition) is 5. The molecule has 7 heteroatoms. The predicted octanol–water partition coefficient (Wildman–Crippen LogP) is 5.86. The molecular formula is C24H20FN5O. The van der Waals surface area contributed by atoms with E-state index in [0.29, 0.717) is 28.9 Å². The Bertz CT molecular complexity index is 1400. The number of aryl methyl sites for hydroxylation is 3. The zero-order chi connectivity index (χ0) is 21.5. The van der Waals surface area contributed by atoms with Gasteiger partial charge in [-0.05, 0) is 37.1 Å². The van der Waals surface area contributed by atoms with Crippen LogP contribution >= 0.6 is 0 Å². The highest BCUT2D eigenvalue weighted by Gasteiger charge is 2.21. The molecule has 0 saturated heterocycles. The molecule has 2 aromatic carbocycles. The topological polar surface area (TPSA) is 68.2 Å². The van der Waals surface area contributed by atoms with E-state index < -0.39 is 0 Å². The first-order valence-electron chi connectivity index (χ1n) is 9.92. The molecule has 0 bridgehead atoms. The highest BCUT2D eigenvalue weighted by Crippen LogP contribution is 2.37. The summed E-state index contributed by atoms with van der Waals surface area (Å²) in [6, 6.07) is 16.9. The largest absolute Gasteiger partial charge is 0.339 e. The van der Waals surface area contributed by atoms with Crippen LogP contribution in [0.15, 0.2) is 65.3 Å². The number of benzene rings is 2. The number of halogens is 1. The second kappa shape index (κ2) is 7.36. The predicted molar refractivity (Wildman–Crippen MR) is 118 cm³/mol. The van der Waals surface area contributed by atoms with Gasteiger partial charge in [0.2, 0.25) is 11.7 Å². The Balaban J connectivity index is 1.77. The number of aromatic nitrogens is 4. The van der Waals surface area contributed by atoms with Crippen molar-refractivity contribution in [3.8, 4) is 22.6 Å². The molecule has 31 heavy (non-hydrogen) atoms. The van der Waals surface area contributed by atoms with Crippen LogP contribution in [-0.2, 0) is 0 Å². The zero-order valence-corrected chi connectivity index (χ0v) is 17.3. The quantitative estimate of drug-likeness (QED) is 0.400. The number of anilines is 2. The molecule has 0 radical (unpaired) electrons. The van der Waals surface area contributed by atoms with Gasteiger partial charge in [0.25, 0.3) is 0 Å². The first-order chi connectivity index (χ1) is 15.0. The van der Waals surface area contributed by atoms with E-state index in [1.54, 1.807) is 17.4 Å². The van der Waals surface area contributed by atoms with Gasteiger partial charge in [-0.1, -0.05) is 47.6 Å². The fraction of sp³-hybridized carbons (Fsp3) is 0.125. The number of rotatable bonds is 4. The number of nitrogens with one attached hydrogen (secondary N) is 1. The van der Waals surface area contributed by atoms with Crippen molar-refractivity contribution in [2.75, 3.05) is 5.32 Å². The van der Waals surface area contributed by atoms with E-state index in [1.165, 1.54) is 12.3 Å². The normalized spacial score (nSPS) is 11.2. The Morgan fingerprint density at radius 2 is 1.61 bits per heavy atom. The molecule has 0 unspecified atom stereocenters. The second-order valence-electron chi connectivity index (χ2n) is 7.46. The summed E-state index contributed by atoms with van der Waals surface area (Å²) in [5, 5.41) is 7.59. The Morgan fingerprint density at radius 3 is 2.32 bits per heavy atom. The Kier molecular flexibility index (Phi) is 4.51. The van der Waals surface area contributed by atoms with Gasteiger partial charge < -0.3 is 9.84 Å². The molecule has 0 saturated carbocycles. The van der Waals surface area contributed by atoms with E-state index in [4.69, 9.17) is 9.51 Å². The highest BCUT2D eigenvalue weighted by molar-refractivity contribution is 5.88. The minimum absolute atomic E-state index is 0.344. The van der Waals surface area contributed by atoms with Crippen molar-refractivity contribution < 1.29 is 8.91 Å². The van der Waals surface area contributed by atoms with Gasteiger partial charge in [0, 0.05) is 29.9 Å². The first-order valence-corrected chi connectivity index (χ1v) is 9.92. The Labute approximate surface area is 178 Å². The van der Waals surface area contributed by atoms with Crippen LogP contribution in [0.5, 0.6) is 0 Å². The molecule has 0 fully saturated rings. The summed E-state index contributed by atoms with van der Waals surface area (Å²) in [6.45, 7) is 5.82. The molecule has 5 rings (SSSR count). The fourth-order valence-corrected chi connectivity index (χ4v) is 3.75. The number of fused-ring (bicyclic) bond motifs is 1. The molecular weight excluding hydrogens is 393 g/mol. The molecule has 0 amide bonds. The van der Waals surface area contributed by atoms with E-state index in [2.05, 4.69) is 15.5 Å². The monoisotopic (exact) mass is 413 g/mol. The van der Waals surface area contributed by atoms with Crippen molar-refractivity contribution in [1.29, 1.82) is 0 Å². The molecule has 6 nitrogen and oxygen atoms in total. The van der Waals surface area contributed by atoms with Crippen molar-refractivity contribution in [2.24, 2.45) is 0 Å². The summed E-state index contributed by atoms with van der Waals surface area (Å²) in [7, 11) is 0. The van der Waals surface area contributed by atoms with Crippen molar-refractivity contribution in [3.63, 3.8) is 0 Å². The minimum atomic E-state index is -0.344. The van der Waals surface area contributed by atoms with E-state index in [9.17, 15) is 4.39 Å². The molecule has 1 N–H and O–H groups in total. The summed E-state index contributed by atoms with van der Waals surface area (Å²) in [5.74, 6) is 1.28. The number of nitrogens with zero attached hydrogens (tertiary/aromatic N) is 4. The summed E-state index contributed by atoms with van der Waals surface area (Å²) >= 11 is 0. The first kappa shape index (κ1) is 19.0. The molecule has 0 atom stereocenters. The van der Waals surface area contributed by atoms with Crippen molar-refractivity contribution in [3.05, 3.63) is 83.6 Å². The standard InChI is InChI=1S/C24H20FN5O/c1-14-7-6-8-15(2)21(14)28-24-22(27-20-12-11-17(25)13-30(20)24)18-9-4-5-10-19(18)23-26-16(3)31-29-23/h4-13,28H,1-3H3. The number of imidazole rings is 1. The maximum absolute atomic E-state index is 14.2. The lowest BCUT2D eigenvalue weighted by Gasteiger charge is -2.14. The number of para-hydroxylation sites is 1. The van der Waals surface area contributed by atoms with Crippen molar-refractivity contribution in [2.45, 2.75) is 20.8 Å². The van der Waals surface area contributed by atoms with Gasteiger partial charge in [0.05, 0.1) is 0 Å². The van der Waals surface area contributed by atoms with Gasteiger partial charge in [0.1, 0.15) is 23.0 Å². The van der Waals surface area contributed by atoms with Crippen LogP contribution in [0.2, 0.25) is 0 Å². The molecule has 3 heterocycles. The third-order valence-electron chi connectivity index (χ3n) is 5.26. The minimum Gasteiger partial charge on any atom is -0.339 e. The maximum atomic E-state index is 14.2. The van der Waals surface area contributed by atoms with E-state index in [0.717, 1.165) is 27.9 Å². The Morgan fingerprint density at radius 1 is 0.871 bits per heavy atom. The summed E-state index contributed by atoms with van der Waals surface area (Å²) in [6.07, 6.45) is 1.43. The summed E-state index contributed by atoms with van der Waals surface area (Å²) in [4.78, 5) is 9.20. The summed E-state index contributed by atoms with van der Waals surface area (Å²) in [5.41, 5.74) is 6.03. The van der Waals surface area contributed by atoms with Crippen LogP contribution in [0, 0.1) is 26.6 Å². The maximum Gasteiger partial charge on any atom is 0.223 e. The summed E-state index contributed by atoms with van der Waals surface area (Å²) < 4.78 is 21.1. The molecule has 154 valence electrons. The molecule has 0 spiro atoms. The number of pyridine rings is 1. The van der Waals surface area contributed by atoms with Crippen LogP contribution in [0.1, 0.15) is 17.0 Å². The van der Waals surface area contributed by atoms with Crippen molar-refractivity contribution in [1.82, 2.24) is 19.5 Å². The molecule has 0 aliphatic carbocycles. The smallest absolute Gasteiger partial charge is 0.223 e. The Hall–Kier alpha value is -4.00. The van der Waals surface area contributed by atoms with Gasteiger partial charge >= 0.3 is 0 Å². The average Bonchev–Trinajstić information content (AvgIpc) is 3.34. The van der Waals surface area contributed by atoms with E-state index in [1.807, 2.05) is 56.3 Å². The van der Waals surface area contributed by atoms with E-state index in [-0.39, 0.29) is 5.82 Å². The fourth-order valence-electron chi connectivity index (χ4n) is 3.75. The SMILES string of the molecule is Cc1nc(-c2ccccc2-c2nc3ccc(F)cn3c2Nc2c(C)cccc2C)no1. The van der Waals surface area contributed by atoms with E-state index >= 15 is 0 Å². The van der Waals surface area contributed by atoms with Crippen molar-refractivity contribution >= 4 is 17.2 Å². The number of hydrogen-bond donors (Lipinski definition) is 1. The van der Waals surface area contributed by atoms with Crippen LogP contribution in [0.25, 0.3) is 28.3 Å².